The number of amides is 2. The van der Waals surface area contributed by atoms with Gasteiger partial charge in [-0.2, -0.15) is 0 Å². The first-order chi connectivity index (χ1) is 13.6. The summed E-state index contributed by atoms with van der Waals surface area (Å²) in [5.74, 6) is -0.640. The lowest BCUT2D eigenvalue weighted by Crippen LogP contribution is -2.18. The van der Waals surface area contributed by atoms with Gasteiger partial charge in [-0.05, 0) is 30.7 Å². The van der Waals surface area contributed by atoms with Gasteiger partial charge in [0, 0.05) is 11.1 Å². The van der Waals surface area contributed by atoms with Crippen LogP contribution >= 0.6 is 22.7 Å². The topological polar surface area (TPSA) is 84.0 Å². The molecule has 2 N–H and O–H groups in total. The number of rotatable bonds is 5. The van der Waals surface area contributed by atoms with Crippen molar-refractivity contribution in [2.45, 2.75) is 12.8 Å². The summed E-state index contributed by atoms with van der Waals surface area (Å²) in [7, 11) is 0. The van der Waals surface area contributed by atoms with Gasteiger partial charge in [-0.1, -0.05) is 41.7 Å². The molecular weight excluding hydrogens is 392 g/mol. The molecule has 4 rings (SSSR count). The second-order valence-electron chi connectivity index (χ2n) is 6.15. The van der Waals surface area contributed by atoms with E-state index >= 15 is 0 Å². The highest BCUT2D eigenvalue weighted by Gasteiger charge is 2.17. The van der Waals surface area contributed by atoms with Crippen molar-refractivity contribution in [2.75, 3.05) is 10.6 Å². The van der Waals surface area contributed by atoms with E-state index in [2.05, 4.69) is 20.6 Å². The molecule has 0 bridgehead atoms. The number of carbonyl (C=O) groups is 2. The summed E-state index contributed by atoms with van der Waals surface area (Å²) >= 11 is 2.74. The number of aromatic nitrogens is 2. The second-order valence-corrected chi connectivity index (χ2v) is 7.90. The predicted molar refractivity (Wildman–Crippen MR) is 113 cm³/mol. The van der Waals surface area contributed by atoms with Gasteiger partial charge < -0.3 is 10.6 Å². The summed E-state index contributed by atoms with van der Waals surface area (Å²) in [6, 6.07) is 15.1. The monoisotopic (exact) mass is 408 g/mol. The van der Waals surface area contributed by atoms with E-state index in [0.29, 0.717) is 16.5 Å². The van der Waals surface area contributed by atoms with Crippen LogP contribution in [0.25, 0.3) is 10.2 Å². The molecule has 0 fully saturated rings. The van der Waals surface area contributed by atoms with Crippen LogP contribution in [-0.2, 0) is 4.79 Å². The van der Waals surface area contributed by atoms with Gasteiger partial charge in [0.05, 0.1) is 21.6 Å². The third-order valence-corrected chi connectivity index (χ3v) is 5.75. The van der Waals surface area contributed by atoms with Crippen LogP contribution in [0.1, 0.15) is 28.9 Å². The van der Waals surface area contributed by atoms with Crippen LogP contribution in [0.2, 0.25) is 0 Å². The fourth-order valence-electron chi connectivity index (χ4n) is 2.68. The van der Waals surface area contributed by atoms with Gasteiger partial charge in [-0.25, -0.2) is 9.97 Å². The van der Waals surface area contributed by atoms with Crippen LogP contribution < -0.4 is 10.6 Å². The average Bonchev–Trinajstić information content (AvgIpc) is 3.37. The number of anilines is 2. The Hall–Kier alpha value is -3.10. The molecule has 2 aromatic heterocycles. The Morgan fingerprint density at radius 2 is 1.89 bits per heavy atom. The van der Waals surface area contributed by atoms with Gasteiger partial charge in [0.15, 0.2) is 5.13 Å². The van der Waals surface area contributed by atoms with Crippen molar-refractivity contribution in [1.29, 1.82) is 0 Å². The highest BCUT2D eigenvalue weighted by Crippen LogP contribution is 2.29. The van der Waals surface area contributed by atoms with Crippen molar-refractivity contribution in [3.8, 4) is 0 Å². The maximum Gasteiger partial charge on any atom is 0.275 e. The molecule has 1 atom stereocenters. The number of hydrogen-bond donors (Lipinski definition) is 2. The summed E-state index contributed by atoms with van der Waals surface area (Å²) < 4.78 is 0.874. The smallest absolute Gasteiger partial charge is 0.275 e. The lowest BCUT2D eigenvalue weighted by atomic mass is 10.0. The molecule has 0 aliphatic rings. The maximum atomic E-state index is 12.5. The Morgan fingerprint density at radius 1 is 1.07 bits per heavy atom. The van der Waals surface area contributed by atoms with Crippen molar-refractivity contribution in [1.82, 2.24) is 9.97 Å². The van der Waals surface area contributed by atoms with Crippen molar-refractivity contribution in [3.63, 3.8) is 0 Å². The zero-order chi connectivity index (χ0) is 19.5. The predicted octanol–water partition coefficient (Wildman–Crippen LogP) is 4.75. The van der Waals surface area contributed by atoms with Crippen LogP contribution in [0.4, 0.5) is 10.8 Å². The fourth-order valence-corrected chi connectivity index (χ4v) is 4.12. The zero-order valence-electron chi connectivity index (χ0n) is 14.9. The number of nitrogens with zero attached hydrogens (tertiary/aromatic N) is 2. The molecule has 0 aliphatic heterocycles. The molecule has 2 aromatic carbocycles. The Bertz CT molecular complexity index is 1120. The molecule has 28 heavy (non-hydrogen) atoms. The standard InChI is InChI=1S/C20H16N4O2S2/c1-12(13-5-3-2-4-6-13)18(25)24-20-23-15-8-7-14(9-17(15)28-20)22-19(26)16-10-27-11-21-16/h2-12H,1H3,(H,22,26)(H,23,24,25). The first kappa shape index (κ1) is 18.3. The summed E-state index contributed by atoms with van der Waals surface area (Å²) in [5, 5.41) is 7.94. The third kappa shape index (κ3) is 3.92. The molecule has 0 spiro atoms. The molecular formula is C20H16N4O2S2. The van der Waals surface area contributed by atoms with Crippen molar-refractivity contribution in [2.24, 2.45) is 0 Å². The quantitative estimate of drug-likeness (QED) is 0.499. The Balaban J connectivity index is 1.48. The minimum absolute atomic E-state index is 0.109. The molecule has 2 amide bonds. The molecule has 4 aromatic rings. The van der Waals surface area contributed by atoms with E-state index in [0.717, 1.165) is 15.8 Å². The highest BCUT2D eigenvalue weighted by atomic mass is 32.1. The number of thiazole rings is 2. The molecule has 1 unspecified atom stereocenters. The molecule has 0 saturated heterocycles. The van der Waals surface area contributed by atoms with Crippen LogP contribution in [0.3, 0.4) is 0 Å². The van der Waals surface area contributed by atoms with Crippen molar-refractivity contribution >= 4 is 55.5 Å². The SMILES string of the molecule is CC(C(=O)Nc1nc2ccc(NC(=O)c3cscn3)cc2s1)c1ccccc1. The summed E-state index contributed by atoms with van der Waals surface area (Å²) in [6.45, 7) is 1.87. The Kier molecular flexibility index (Phi) is 5.14. The highest BCUT2D eigenvalue weighted by molar-refractivity contribution is 7.22. The van der Waals surface area contributed by atoms with E-state index in [1.165, 1.54) is 22.7 Å². The van der Waals surface area contributed by atoms with Gasteiger partial charge in [-0.15, -0.1) is 11.3 Å². The van der Waals surface area contributed by atoms with Crippen LogP contribution in [0, 0.1) is 0 Å². The average molecular weight is 409 g/mol. The molecule has 8 heteroatoms. The van der Waals surface area contributed by atoms with E-state index < -0.39 is 0 Å². The minimum Gasteiger partial charge on any atom is -0.321 e. The number of nitrogens with one attached hydrogen (secondary N) is 2. The molecule has 0 radical (unpaired) electrons. The van der Waals surface area contributed by atoms with E-state index in [9.17, 15) is 9.59 Å². The largest absolute Gasteiger partial charge is 0.321 e. The first-order valence-electron chi connectivity index (χ1n) is 8.56. The van der Waals surface area contributed by atoms with Gasteiger partial charge in [0.2, 0.25) is 5.91 Å². The third-order valence-electron chi connectivity index (χ3n) is 4.23. The summed E-state index contributed by atoms with van der Waals surface area (Å²) in [5.41, 5.74) is 4.38. The molecule has 0 aliphatic carbocycles. The van der Waals surface area contributed by atoms with Gasteiger partial charge in [0.25, 0.3) is 5.91 Å². The van der Waals surface area contributed by atoms with Crippen LogP contribution in [0.5, 0.6) is 0 Å². The Labute approximate surface area is 169 Å². The lowest BCUT2D eigenvalue weighted by Gasteiger charge is -2.10. The van der Waals surface area contributed by atoms with Crippen LogP contribution in [-0.4, -0.2) is 21.8 Å². The van der Waals surface area contributed by atoms with Gasteiger partial charge >= 0.3 is 0 Å². The summed E-state index contributed by atoms with van der Waals surface area (Å²) in [6.07, 6.45) is 0. The van der Waals surface area contributed by atoms with E-state index in [4.69, 9.17) is 0 Å². The van der Waals surface area contributed by atoms with Crippen LogP contribution in [0.15, 0.2) is 59.4 Å². The maximum absolute atomic E-state index is 12.5. The van der Waals surface area contributed by atoms with Gasteiger partial charge in [-0.3, -0.25) is 9.59 Å². The number of fused-ring (bicyclic) bond motifs is 1. The van der Waals surface area contributed by atoms with Crippen molar-refractivity contribution < 1.29 is 9.59 Å². The van der Waals surface area contributed by atoms with Gasteiger partial charge in [0.1, 0.15) is 5.69 Å². The molecule has 0 saturated carbocycles. The molecule has 6 nitrogen and oxygen atoms in total. The number of benzene rings is 2. The van der Waals surface area contributed by atoms with E-state index in [1.807, 2.05) is 49.4 Å². The number of carbonyl (C=O) groups excluding carboxylic acids is 2. The fraction of sp³-hybridized carbons (Fsp3) is 0.100. The second kappa shape index (κ2) is 7.87. The summed E-state index contributed by atoms with van der Waals surface area (Å²) in [4.78, 5) is 33.1. The Morgan fingerprint density at radius 3 is 2.64 bits per heavy atom. The lowest BCUT2D eigenvalue weighted by molar-refractivity contribution is -0.117. The van der Waals surface area contributed by atoms with E-state index in [1.54, 1.807) is 17.0 Å². The molecule has 140 valence electrons. The first-order valence-corrected chi connectivity index (χ1v) is 10.3. The number of hydrogen-bond acceptors (Lipinski definition) is 6. The molecule has 2 heterocycles. The minimum atomic E-state index is -0.277. The van der Waals surface area contributed by atoms with E-state index in [-0.39, 0.29) is 17.7 Å². The zero-order valence-corrected chi connectivity index (χ0v) is 16.5. The van der Waals surface area contributed by atoms with Crippen molar-refractivity contribution in [3.05, 3.63) is 70.7 Å². The normalized spacial score (nSPS) is 11.9.